The van der Waals surface area contributed by atoms with E-state index in [2.05, 4.69) is 4.98 Å². The van der Waals surface area contributed by atoms with E-state index in [4.69, 9.17) is 5.73 Å². The number of rotatable bonds is 1. The summed E-state index contributed by atoms with van der Waals surface area (Å²) in [5.41, 5.74) is 6.49. The van der Waals surface area contributed by atoms with Crippen LogP contribution >= 0.6 is 0 Å². The summed E-state index contributed by atoms with van der Waals surface area (Å²) in [5, 5.41) is 0. The number of likely N-dealkylation sites (tertiary alicyclic amines) is 1. The van der Waals surface area contributed by atoms with Crippen LogP contribution in [0.15, 0.2) is 10.9 Å². The van der Waals surface area contributed by atoms with Gasteiger partial charge in [0.05, 0.1) is 0 Å². The van der Waals surface area contributed by atoms with Crippen molar-refractivity contribution in [3.8, 4) is 0 Å². The maximum absolute atomic E-state index is 12.6. The Labute approximate surface area is 135 Å². The van der Waals surface area contributed by atoms with Crippen molar-refractivity contribution in [2.75, 3.05) is 13.1 Å². The van der Waals surface area contributed by atoms with Gasteiger partial charge in [-0.15, -0.1) is 0 Å². The van der Waals surface area contributed by atoms with Gasteiger partial charge >= 0.3 is 0 Å². The van der Waals surface area contributed by atoms with Crippen molar-refractivity contribution in [3.05, 3.63) is 33.2 Å². The third kappa shape index (κ3) is 3.08. The summed E-state index contributed by atoms with van der Waals surface area (Å²) in [5.74, 6) is -0.348. The average molecular weight is 317 g/mol. The molecule has 1 saturated heterocycles. The maximum atomic E-state index is 12.6. The molecule has 6 heteroatoms. The van der Waals surface area contributed by atoms with Gasteiger partial charge in [-0.25, -0.2) is 0 Å². The predicted molar refractivity (Wildman–Crippen MR) is 86.6 cm³/mol. The zero-order chi connectivity index (χ0) is 16.8. The number of pyridine rings is 1. The molecule has 6 nitrogen and oxygen atoms in total. The van der Waals surface area contributed by atoms with Crippen LogP contribution in [0.4, 0.5) is 0 Å². The third-order valence-electron chi connectivity index (χ3n) is 4.69. The Balaban J connectivity index is 1.96. The van der Waals surface area contributed by atoms with Crippen LogP contribution in [0, 0.1) is 5.41 Å². The van der Waals surface area contributed by atoms with Crippen LogP contribution in [0.25, 0.3) is 0 Å². The van der Waals surface area contributed by atoms with E-state index in [1.807, 2.05) is 13.8 Å². The molecule has 0 bridgehead atoms. The Morgan fingerprint density at radius 3 is 2.78 bits per heavy atom. The summed E-state index contributed by atoms with van der Waals surface area (Å²) < 4.78 is 0. The molecule has 0 radical (unpaired) electrons. The number of hydrogen-bond donors (Lipinski definition) is 2. The smallest absolute Gasteiger partial charge is 0.261 e. The normalized spacial score (nSPS) is 23.5. The monoisotopic (exact) mass is 317 g/mol. The highest BCUT2D eigenvalue weighted by Crippen LogP contribution is 2.33. The number of nitrogens with zero attached hydrogens (tertiary/aromatic N) is 1. The lowest BCUT2D eigenvalue weighted by atomic mass is 9.75. The molecule has 1 aliphatic carbocycles. The fourth-order valence-corrected chi connectivity index (χ4v) is 3.55. The molecular weight excluding hydrogens is 294 g/mol. The Hall–Kier alpha value is -1.95. The van der Waals surface area contributed by atoms with Crippen molar-refractivity contribution in [2.45, 2.75) is 45.6 Å². The van der Waals surface area contributed by atoms with Gasteiger partial charge in [0.1, 0.15) is 5.56 Å². The molecule has 0 saturated carbocycles. The first-order valence-corrected chi connectivity index (χ1v) is 8.11. The van der Waals surface area contributed by atoms with E-state index >= 15 is 0 Å². The molecule has 2 heterocycles. The second kappa shape index (κ2) is 5.60. The van der Waals surface area contributed by atoms with Crippen LogP contribution in [0.5, 0.6) is 0 Å². The van der Waals surface area contributed by atoms with Gasteiger partial charge in [-0.1, -0.05) is 13.8 Å². The topological polar surface area (TPSA) is 96.3 Å². The molecular formula is C17H23N3O3. The predicted octanol–water partition coefficient (Wildman–Crippen LogP) is 1.09. The fourth-order valence-electron chi connectivity index (χ4n) is 3.55. The van der Waals surface area contributed by atoms with Gasteiger partial charge in [0.15, 0.2) is 5.78 Å². The van der Waals surface area contributed by atoms with Crippen molar-refractivity contribution < 1.29 is 9.59 Å². The number of nitrogens with one attached hydrogen (secondary N) is 1. The lowest BCUT2D eigenvalue weighted by molar-refractivity contribution is 0.0707. The molecule has 1 aromatic heterocycles. The number of carbonyl (C=O) groups excluding carboxylic acids is 2. The molecule has 1 fully saturated rings. The standard InChI is InChI=1S/C17H23N3O3/c1-17(2)7-13-11(14(21)8-17)6-12(15(22)19-13)16(23)20-5-3-4-10(18)9-20/h6,10H,3-5,7-9,18H2,1-2H3,(H,19,22). The maximum Gasteiger partial charge on any atom is 0.261 e. The number of fused-ring (bicyclic) bond motifs is 1. The van der Waals surface area contributed by atoms with E-state index in [1.165, 1.54) is 6.07 Å². The van der Waals surface area contributed by atoms with E-state index in [-0.39, 0.29) is 28.7 Å². The van der Waals surface area contributed by atoms with Gasteiger partial charge in [-0.05, 0) is 30.7 Å². The van der Waals surface area contributed by atoms with Gasteiger partial charge in [0.25, 0.3) is 11.5 Å². The van der Waals surface area contributed by atoms with Gasteiger partial charge in [0.2, 0.25) is 0 Å². The molecule has 3 N–H and O–H groups in total. The summed E-state index contributed by atoms with van der Waals surface area (Å²) in [6.45, 7) is 5.06. The van der Waals surface area contributed by atoms with Crippen LogP contribution in [-0.2, 0) is 6.42 Å². The van der Waals surface area contributed by atoms with Gasteiger partial charge in [-0.3, -0.25) is 14.4 Å². The molecule has 2 aliphatic rings. The van der Waals surface area contributed by atoms with Gasteiger partial charge in [0, 0.05) is 36.8 Å². The minimum Gasteiger partial charge on any atom is -0.337 e. The molecule has 0 spiro atoms. The third-order valence-corrected chi connectivity index (χ3v) is 4.69. The van der Waals surface area contributed by atoms with E-state index in [1.54, 1.807) is 4.90 Å². The Morgan fingerprint density at radius 1 is 1.35 bits per heavy atom. The summed E-state index contributed by atoms with van der Waals surface area (Å²) in [4.78, 5) is 41.7. The lowest BCUT2D eigenvalue weighted by Gasteiger charge is -2.32. The van der Waals surface area contributed by atoms with Crippen molar-refractivity contribution >= 4 is 11.7 Å². The quantitative estimate of drug-likeness (QED) is 0.810. The van der Waals surface area contributed by atoms with E-state index in [0.29, 0.717) is 37.2 Å². The Bertz CT molecular complexity index is 720. The van der Waals surface area contributed by atoms with Crippen molar-refractivity contribution in [2.24, 2.45) is 11.1 Å². The number of Topliss-reactive ketones (excluding diaryl/α,β-unsaturated/α-hetero) is 1. The molecule has 1 atom stereocenters. The second-order valence-electron chi connectivity index (χ2n) is 7.50. The minimum atomic E-state index is -0.418. The summed E-state index contributed by atoms with van der Waals surface area (Å²) in [6.07, 6.45) is 2.78. The Kier molecular flexibility index (Phi) is 3.88. The summed E-state index contributed by atoms with van der Waals surface area (Å²) in [6, 6.07) is 1.43. The molecule has 1 unspecified atom stereocenters. The van der Waals surface area contributed by atoms with Crippen LogP contribution in [0.1, 0.15) is 59.5 Å². The van der Waals surface area contributed by atoms with E-state index in [9.17, 15) is 14.4 Å². The second-order valence-corrected chi connectivity index (χ2v) is 7.50. The van der Waals surface area contributed by atoms with Crippen LogP contribution < -0.4 is 11.3 Å². The molecule has 23 heavy (non-hydrogen) atoms. The van der Waals surface area contributed by atoms with Gasteiger partial charge in [-0.2, -0.15) is 0 Å². The van der Waals surface area contributed by atoms with Crippen molar-refractivity contribution in [3.63, 3.8) is 0 Å². The summed E-state index contributed by atoms with van der Waals surface area (Å²) in [7, 11) is 0. The van der Waals surface area contributed by atoms with Crippen LogP contribution in [0.2, 0.25) is 0 Å². The highest BCUT2D eigenvalue weighted by molar-refractivity contribution is 6.02. The number of hydrogen-bond acceptors (Lipinski definition) is 4. The van der Waals surface area contributed by atoms with E-state index in [0.717, 1.165) is 12.8 Å². The molecule has 124 valence electrons. The number of piperidine rings is 1. The molecule has 1 amide bonds. The highest BCUT2D eigenvalue weighted by Gasteiger charge is 2.33. The molecule has 0 aromatic carbocycles. The minimum absolute atomic E-state index is 0.0168. The average Bonchev–Trinajstić information content (AvgIpc) is 2.44. The number of aromatic amines is 1. The molecule has 1 aliphatic heterocycles. The fraction of sp³-hybridized carbons (Fsp3) is 0.588. The molecule has 3 rings (SSSR count). The summed E-state index contributed by atoms with van der Waals surface area (Å²) >= 11 is 0. The van der Waals surface area contributed by atoms with Crippen LogP contribution in [0.3, 0.4) is 0 Å². The molecule has 1 aromatic rings. The number of nitrogens with two attached hydrogens (primary N) is 1. The first-order chi connectivity index (χ1) is 10.8. The Morgan fingerprint density at radius 2 is 2.09 bits per heavy atom. The first kappa shape index (κ1) is 15.9. The van der Waals surface area contributed by atoms with E-state index < -0.39 is 5.56 Å². The van der Waals surface area contributed by atoms with Crippen LogP contribution in [-0.4, -0.2) is 40.7 Å². The number of aromatic nitrogens is 1. The number of amides is 1. The highest BCUT2D eigenvalue weighted by atomic mass is 16.2. The SMILES string of the molecule is CC1(C)CC(=O)c2cc(C(=O)N3CCCC(N)C3)c(=O)[nH]c2C1. The van der Waals surface area contributed by atoms with Crippen molar-refractivity contribution in [1.82, 2.24) is 9.88 Å². The zero-order valence-corrected chi connectivity index (χ0v) is 13.6. The van der Waals surface area contributed by atoms with Gasteiger partial charge < -0.3 is 15.6 Å². The van der Waals surface area contributed by atoms with Crippen molar-refractivity contribution in [1.29, 1.82) is 0 Å². The number of carbonyl (C=O) groups is 2. The number of H-pyrrole nitrogens is 1. The largest absolute Gasteiger partial charge is 0.337 e. The number of ketones is 1. The first-order valence-electron chi connectivity index (χ1n) is 8.11. The zero-order valence-electron chi connectivity index (χ0n) is 13.6. The lowest BCUT2D eigenvalue weighted by Crippen LogP contribution is -2.47.